The zero-order valence-electron chi connectivity index (χ0n) is 11.8. The Labute approximate surface area is 112 Å². The predicted molar refractivity (Wildman–Crippen MR) is 77.3 cm³/mol. The molecule has 0 aromatic carbocycles. The zero-order valence-corrected chi connectivity index (χ0v) is 11.8. The van der Waals surface area contributed by atoms with Crippen LogP contribution < -0.4 is 0 Å². The fraction of sp³-hybridized carbons (Fsp3) is 0.688. The summed E-state index contributed by atoms with van der Waals surface area (Å²) in [6.45, 7) is 5.85. The lowest BCUT2D eigenvalue weighted by atomic mass is 10.1. The fourth-order valence-corrected chi connectivity index (χ4v) is 1.66. The second kappa shape index (κ2) is 14.0. The van der Waals surface area contributed by atoms with Gasteiger partial charge in [0.05, 0.1) is 6.26 Å². The number of hydrogen-bond acceptors (Lipinski definition) is 2. The highest BCUT2D eigenvalue weighted by molar-refractivity contribution is 5.69. The van der Waals surface area contributed by atoms with Crippen molar-refractivity contribution in [3.63, 3.8) is 0 Å². The van der Waals surface area contributed by atoms with Gasteiger partial charge in [-0.25, -0.2) is 0 Å². The number of carbonyl (C=O) groups is 1. The molecule has 0 fully saturated rings. The average molecular weight is 252 g/mol. The van der Waals surface area contributed by atoms with Gasteiger partial charge in [-0.05, 0) is 38.2 Å². The Kier molecular flexibility index (Phi) is 13.2. The molecule has 0 aliphatic heterocycles. The van der Waals surface area contributed by atoms with Crippen molar-refractivity contribution in [1.29, 1.82) is 0 Å². The van der Waals surface area contributed by atoms with E-state index in [1.165, 1.54) is 25.7 Å². The Morgan fingerprint density at radius 3 is 2.50 bits per heavy atom. The third kappa shape index (κ3) is 13.0. The summed E-state index contributed by atoms with van der Waals surface area (Å²) in [4.78, 5) is 11.3. The van der Waals surface area contributed by atoms with E-state index in [4.69, 9.17) is 4.74 Å². The highest BCUT2D eigenvalue weighted by Crippen LogP contribution is 2.08. The molecule has 18 heavy (non-hydrogen) atoms. The second-order valence-electron chi connectivity index (χ2n) is 4.60. The maximum Gasteiger partial charge on any atom is 0.310 e. The van der Waals surface area contributed by atoms with E-state index < -0.39 is 0 Å². The number of hydrogen-bond donors (Lipinski definition) is 0. The molecule has 2 nitrogen and oxygen atoms in total. The van der Waals surface area contributed by atoms with Crippen LogP contribution in [0.15, 0.2) is 25.0 Å². The smallest absolute Gasteiger partial charge is 0.310 e. The lowest BCUT2D eigenvalue weighted by molar-refractivity contribution is -0.138. The summed E-state index contributed by atoms with van der Waals surface area (Å²) in [5.41, 5.74) is 0. The number of esters is 1. The van der Waals surface area contributed by atoms with Crippen LogP contribution in [0.2, 0.25) is 0 Å². The summed E-state index contributed by atoms with van der Waals surface area (Å²) in [6.07, 6.45) is 16.1. The van der Waals surface area contributed by atoms with Crippen LogP contribution in [0.5, 0.6) is 0 Å². The monoisotopic (exact) mass is 252 g/mol. The number of allylic oxidation sites excluding steroid dienone is 2. The molecule has 104 valence electrons. The van der Waals surface area contributed by atoms with Gasteiger partial charge in [0.25, 0.3) is 0 Å². The van der Waals surface area contributed by atoms with E-state index in [0.717, 1.165) is 32.1 Å². The van der Waals surface area contributed by atoms with Gasteiger partial charge in [-0.15, -0.1) is 6.58 Å². The Morgan fingerprint density at radius 2 is 1.78 bits per heavy atom. The molecule has 0 heterocycles. The molecule has 0 rings (SSSR count). The molecule has 0 spiro atoms. The molecular weight excluding hydrogens is 224 g/mol. The molecule has 0 aromatic heterocycles. The van der Waals surface area contributed by atoms with Crippen molar-refractivity contribution in [2.24, 2.45) is 0 Å². The van der Waals surface area contributed by atoms with Crippen LogP contribution in [0.25, 0.3) is 0 Å². The van der Waals surface area contributed by atoms with Gasteiger partial charge in [0, 0.05) is 6.42 Å². The maximum absolute atomic E-state index is 11.3. The first-order valence-electron chi connectivity index (χ1n) is 7.26. The normalized spacial score (nSPS) is 10.7. The predicted octanol–water partition coefficient (Wildman–Crippen LogP) is 5.15. The molecule has 0 saturated carbocycles. The summed E-state index contributed by atoms with van der Waals surface area (Å²) in [5, 5.41) is 0. The topological polar surface area (TPSA) is 26.3 Å². The number of carbonyl (C=O) groups excluding carboxylic acids is 1. The van der Waals surface area contributed by atoms with E-state index in [1.807, 2.05) is 12.2 Å². The van der Waals surface area contributed by atoms with Crippen LogP contribution in [-0.4, -0.2) is 5.97 Å². The van der Waals surface area contributed by atoms with Crippen molar-refractivity contribution in [3.05, 3.63) is 25.0 Å². The summed E-state index contributed by atoms with van der Waals surface area (Å²) in [7, 11) is 0. The first kappa shape index (κ1) is 16.9. The molecule has 2 heteroatoms. The van der Waals surface area contributed by atoms with Crippen LogP contribution >= 0.6 is 0 Å². The third-order valence-electron chi connectivity index (χ3n) is 2.81. The molecule has 0 unspecified atom stereocenters. The molecule has 0 atom stereocenters. The summed E-state index contributed by atoms with van der Waals surface area (Å²) in [5.74, 6) is -0.103. The van der Waals surface area contributed by atoms with Crippen LogP contribution in [0.3, 0.4) is 0 Å². The van der Waals surface area contributed by atoms with E-state index >= 15 is 0 Å². The molecule has 0 aromatic rings. The number of unbranched alkanes of at least 4 members (excludes halogenated alkanes) is 7. The van der Waals surface area contributed by atoms with Crippen LogP contribution in [0.4, 0.5) is 0 Å². The van der Waals surface area contributed by atoms with Crippen molar-refractivity contribution in [2.75, 3.05) is 0 Å². The Balaban J connectivity index is 3.26. The van der Waals surface area contributed by atoms with Crippen LogP contribution in [0, 0.1) is 0 Å². The van der Waals surface area contributed by atoms with Gasteiger partial charge in [0.15, 0.2) is 0 Å². The van der Waals surface area contributed by atoms with Crippen molar-refractivity contribution in [1.82, 2.24) is 0 Å². The van der Waals surface area contributed by atoms with Crippen LogP contribution in [0.1, 0.15) is 71.1 Å². The van der Waals surface area contributed by atoms with E-state index in [1.54, 1.807) is 6.26 Å². The molecule has 0 saturated heterocycles. The lowest BCUT2D eigenvalue weighted by Crippen LogP contribution is -1.98. The number of rotatable bonds is 12. The highest BCUT2D eigenvalue weighted by Gasteiger charge is 2.00. The van der Waals surface area contributed by atoms with Crippen molar-refractivity contribution in [2.45, 2.75) is 71.1 Å². The summed E-state index contributed by atoms with van der Waals surface area (Å²) in [6, 6.07) is 0. The van der Waals surface area contributed by atoms with E-state index in [0.29, 0.717) is 6.42 Å². The highest BCUT2D eigenvalue weighted by atomic mass is 16.5. The van der Waals surface area contributed by atoms with Gasteiger partial charge in [-0.3, -0.25) is 4.79 Å². The molecule has 0 radical (unpaired) electrons. The largest absolute Gasteiger partial charge is 0.435 e. The maximum atomic E-state index is 11.3. The molecule has 0 N–H and O–H groups in total. The fourth-order valence-electron chi connectivity index (χ4n) is 1.66. The number of ether oxygens (including phenoxy) is 1. The Hall–Kier alpha value is -1.05. The molecule has 0 amide bonds. The van der Waals surface area contributed by atoms with Gasteiger partial charge in [0.2, 0.25) is 0 Å². The molecule has 0 bridgehead atoms. The summed E-state index contributed by atoms with van der Waals surface area (Å²) < 4.78 is 5.00. The van der Waals surface area contributed by atoms with Gasteiger partial charge in [-0.1, -0.05) is 38.7 Å². The average Bonchev–Trinajstić information content (AvgIpc) is 2.37. The SMILES string of the molecule is C=CCCCCCCCC(=O)O/C=C/CCCC. The molecular formula is C16H28O2. The van der Waals surface area contributed by atoms with Gasteiger partial charge in [-0.2, -0.15) is 0 Å². The molecule has 0 aliphatic rings. The molecule has 0 aliphatic carbocycles. The van der Waals surface area contributed by atoms with Gasteiger partial charge in [0.1, 0.15) is 0 Å². The minimum atomic E-state index is -0.103. The quantitative estimate of drug-likeness (QED) is 0.208. The van der Waals surface area contributed by atoms with E-state index in [9.17, 15) is 4.79 Å². The third-order valence-corrected chi connectivity index (χ3v) is 2.81. The second-order valence-corrected chi connectivity index (χ2v) is 4.60. The minimum Gasteiger partial charge on any atom is -0.435 e. The van der Waals surface area contributed by atoms with Crippen molar-refractivity contribution >= 4 is 5.97 Å². The van der Waals surface area contributed by atoms with Crippen molar-refractivity contribution in [3.8, 4) is 0 Å². The van der Waals surface area contributed by atoms with Gasteiger partial charge >= 0.3 is 5.97 Å². The van der Waals surface area contributed by atoms with E-state index in [2.05, 4.69) is 13.5 Å². The van der Waals surface area contributed by atoms with E-state index in [-0.39, 0.29) is 5.97 Å². The zero-order chi connectivity index (χ0) is 13.5. The lowest BCUT2D eigenvalue weighted by Gasteiger charge is -2.00. The first-order chi connectivity index (χ1) is 8.81. The minimum absolute atomic E-state index is 0.103. The summed E-state index contributed by atoms with van der Waals surface area (Å²) >= 11 is 0. The standard InChI is InChI=1S/C16H28O2/c1-3-5-7-9-10-11-12-14-16(17)18-15-13-8-6-4-2/h3,13,15H,1,4-12,14H2,2H3/b15-13+. The Bertz CT molecular complexity index is 231. The van der Waals surface area contributed by atoms with Crippen molar-refractivity contribution < 1.29 is 9.53 Å². The Morgan fingerprint density at radius 1 is 1.06 bits per heavy atom. The van der Waals surface area contributed by atoms with Crippen LogP contribution in [-0.2, 0) is 9.53 Å². The first-order valence-corrected chi connectivity index (χ1v) is 7.26. The van der Waals surface area contributed by atoms with Gasteiger partial charge < -0.3 is 4.74 Å².